The minimum absolute atomic E-state index is 0.451. The fourth-order valence-electron chi connectivity index (χ4n) is 2.93. The molecule has 0 saturated carbocycles. The molecule has 0 radical (unpaired) electrons. The molecule has 0 bridgehead atoms. The molecule has 1 saturated heterocycles. The predicted molar refractivity (Wildman–Crippen MR) is 97.8 cm³/mol. The smallest absolute Gasteiger partial charge is 0.107 e. The average molecular weight is 331 g/mol. The molecule has 0 spiro atoms. The van der Waals surface area contributed by atoms with Crippen LogP contribution < -0.4 is 5.32 Å². The Morgan fingerprint density at radius 3 is 2.67 bits per heavy atom. The molecule has 1 aliphatic heterocycles. The summed E-state index contributed by atoms with van der Waals surface area (Å²) in [6, 6.07) is 10.2. The zero-order valence-electron chi connectivity index (χ0n) is 14.5. The molecule has 1 fully saturated rings. The van der Waals surface area contributed by atoms with Crippen molar-refractivity contribution in [2.75, 3.05) is 19.6 Å². The van der Waals surface area contributed by atoms with Crippen LogP contribution in [0.4, 0.5) is 0 Å². The minimum Gasteiger partial charge on any atom is -0.388 e. The Morgan fingerprint density at radius 2 is 2.04 bits per heavy atom. The van der Waals surface area contributed by atoms with Crippen LogP contribution in [-0.2, 0) is 6.42 Å². The van der Waals surface area contributed by atoms with Crippen molar-refractivity contribution in [2.24, 2.45) is 4.99 Å². The van der Waals surface area contributed by atoms with Gasteiger partial charge in [0.1, 0.15) is 6.23 Å². The van der Waals surface area contributed by atoms with E-state index in [2.05, 4.69) is 33.9 Å². The van der Waals surface area contributed by atoms with E-state index in [4.69, 9.17) is 0 Å². The van der Waals surface area contributed by atoms with Gasteiger partial charge in [-0.1, -0.05) is 36.9 Å². The fraction of sp³-hybridized carbons (Fsp3) is 0.526. The standard InChI is InChI=1S/C19H29N3O2/c1-16(2)21-15-20-14-19(24)10-12-22(13-11-19)18(23)9-8-17-6-4-3-5-7-17/h3-7,15,18,23-24H,1,8-14H2,2H3,(H,20,21). The van der Waals surface area contributed by atoms with Gasteiger partial charge in [0.2, 0.25) is 0 Å². The number of rotatable bonds is 8. The number of hydrogen-bond acceptors (Lipinski definition) is 4. The fourth-order valence-corrected chi connectivity index (χ4v) is 2.93. The summed E-state index contributed by atoms with van der Waals surface area (Å²) >= 11 is 0. The largest absolute Gasteiger partial charge is 0.388 e. The van der Waals surface area contributed by atoms with Gasteiger partial charge in [0.25, 0.3) is 0 Å². The minimum atomic E-state index is -0.739. The molecule has 0 amide bonds. The number of aliphatic hydroxyl groups is 2. The van der Waals surface area contributed by atoms with Gasteiger partial charge in [0, 0.05) is 25.3 Å². The number of aliphatic imine (C=N–C) groups is 1. The van der Waals surface area contributed by atoms with Crippen LogP contribution in [0, 0.1) is 0 Å². The summed E-state index contributed by atoms with van der Waals surface area (Å²) < 4.78 is 0. The maximum absolute atomic E-state index is 10.6. The number of benzene rings is 1. The van der Waals surface area contributed by atoms with Crippen molar-refractivity contribution in [1.82, 2.24) is 10.2 Å². The number of likely N-dealkylation sites (tertiary alicyclic amines) is 1. The second kappa shape index (κ2) is 8.97. The van der Waals surface area contributed by atoms with E-state index < -0.39 is 11.8 Å². The molecule has 2 rings (SSSR count). The molecule has 3 N–H and O–H groups in total. The van der Waals surface area contributed by atoms with E-state index in [1.54, 1.807) is 6.34 Å². The molecule has 132 valence electrons. The second-order valence-corrected chi connectivity index (χ2v) is 6.64. The lowest BCUT2D eigenvalue weighted by Crippen LogP contribution is -2.52. The molecule has 1 aromatic rings. The van der Waals surface area contributed by atoms with Crippen molar-refractivity contribution < 1.29 is 10.2 Å². The second-order valence-electron chi connectivity index (χ2n) is 6.64. The highest BCUT2D eigenvalue weighted by Gasteiger charge is 2.33. The lowest BCUT2D eigenvalue weighted by atomic mass is 9.91. The molecule has 5 nitrogen and oxygen atoms in total. The van der Waals surface area contributed by atoms with Gasteiger partial charge in [-0.2, -0.15) is 0 Å². The number of nitrogens with zero attached hydrogens (tertiary/aromatic N) is 2. The third-order valence-electron chi connectivity index (χ3n) is 4.49. The Bertz CT molecular complexity index is 537. The van der Waals surface area contributed by atoms with Crippen LogP contribution in [-0.4, -0.2) is 52.9 Å². The quantitative estimate of drug-likeness (QED) is 0.503. The Balaban J connectivity index is 1.72. The Morgan fingerprint density at radius 1 is 1.38 bits per heavy atom. The van der Waals surface area contributed by atoms with Gasteiger partial charge >= 0.3 is 0 Å². The summed E-state index contributed by atoms with van der Waals surface area (Å²) in [5.74, 6) is 0. The summed E-state index contributed by atoms with van der Waals surface area (Å²) in [6.07, 6.45) is 3.99. The highest BCUT2D eigenvalue weighted by molar-refractivity contribution is 5.55. The summed E-state index contributed by atoms with van der Waals surface area (Å²) in [4.78, 5) is 6.10. The first-order chi connectivity index (χ1) is 11.5. The van der Waals surface area contributed by atoms with Crippen LogP contribution in [0.2, 0.25) is 0 Å². The van der Waals surface area contributed by atoms with Crippen molar-refractivity contribution in [3.8, 4) is 0 Å². The van der Waals surface area contributed by atoms with E-state index >= 15 is 0 Å². The number of nitrogens with one attached hydrogen (secondary N) is 1. The first-order valence-corrected chi connectivity index (χ1v) is 8.58. The maximum Gasteiger partial charge on any atom is 0.107 e. The van der Waals surface area contributed by atoms with E-state index in [1.807, 2.05) is 25.1 Å². The van der Waals surface area contributed by atoms with Crippen LogP contribution in [0.5, 0.6) is 0 Å². The first-order valence-electron chi connectivity index (χ1n) is 8.58. The lowest BCUT2D eigenvalue weighted by molar-refractivity contribution is -0.0731. The number of aliphatic hydroxyl groups excluding tert-OH is 1. The maximum atomic E-state index is 10.6. The van der Waals surface area contributed by atoms with Crippen molar-refractivity contribution in [3.05, 3.63) is 48.2 Å². The number of piperidine rings is 1. The Labute approximate surface area is 144 Å². The van der Waals surface area contributed by atoms with Crippen molar-refractivity contribution >= 4 is 6.34 Å². The summed E-state index contributed by atoms with van der Waals surface area (Å²) in [5, 5.41) is 24.0. The van der Waals surface area contributed by atoms with Gasteiger partial charge in [-0.15, -0.1) is 0 Å². The van der Waals surface area contributed by atoms with Crippen molar-refractivity contribution in [2.45, 2.75) is 44.4 Å². The summed E-state index contributed by atoms with van der Waals surface area (Å²) in [6.45, 7) is 7.38. The first kappa shape index (κ1) is 18.6. The van der Waals surface area contributed by atoms with Gasteiger partial charge in [0.05, 0.1) is 11.9 Å². The van der Waals surface area contributed by atoms with Gasteiger partial charge in [-0.3, -0.25) is 4.90 Å². The van der Waals surface area contributed by atoms with Gasteiger partial charge < -0.3 is 15.5 Å². The number of hydrogen-bond donors (Lipinski definition) is 3. The molecule has 0 aliphatic carbocycles. The number of allylic oxidation sites excluding steroid dienone is 1. The van der Waals surface area contributed by atoms with Crippen molar-refractivity contribution in [3.63, 3.8) is 0 Å². The Kier molecular flexibility index (Phi) is 6.97. The zero-order valence-corrected chi connectivity index (χ0v) is 14.5. The molecule has 5 heteroatoms. The predicted octanol–water partition coefficient (Wildman–Crippen LogP) is 1.92. The monoisotopic (exact) mass is 331 g/mol. The van der Waals surface area contributed by atoms with E-state index in [9.17, 15) is 10.2 Å². The molecule has 1 heterocycles. The number of aryl methyl sites for hydroxylation is 1. The highest BCUT2D eigenvalue weighted by atomic mass is 16.3. The van der Waals surface area contributed by atoms with E-state index in [0.717, 1.165) is 12.1 Å². The molecule has 0 aromatic heterocycles. The van der Waals surface area contributed by atoms with Crippen molar-refractivity contribution in [1.29, 1.82) is 0 Å². The molecular weight excluding hydrogens is 302 g/mol. The third kappa shape index (κ3) is 6.07. The normalized spacial score (nSPS) is 19.3. The SMILES string of the molecule is C=C(C)/N=C\NCC1(O)CCN(C(O)CCc2ccccc2)CC1. The lowest BCUT2D eigenvalue weighted by Gasteiger charge is -2.40. The van der Waals surface area contributed by atoms with E-state index in [0.29, 0.717) is 38.9 Å². The van der Waals surface area contributed by atoms with E-state index in [1.165, 1.54) is 5.56 Å². The van der Waals surface area contributed by atoms with Gasteiger partial charge in [-0.25, -0.2) is 4.99 Å². The molecular formula is C19H29N3O2. The highest BCUT2D eigenvalue weighted by Crippen LogP contribution is 2.23. The average Bonchev–Trinajstić information content (AvgIpc) is 2.58. The third-order valence-corrected chi connectivity index (χ3v) is 4.49. The molecule has 1 atom stereocenters. The van der Waals surface area contributed by atoms with E-state index in [-0.39, 0.29) is 0 Å². The molecule has 1 aromatic carbocycles. The van der Waals surface area contributed by atoms with Crippen LogP contribution in [0.1, 0.15) is 31.7 Å². The molecule has 1 unspecified atom stereocenters. The van der Waals surface area contributed by atoms with Gasteiger partial charge in [0.15, 0.2) is 0 Å². The molecule has 1 aliphatic rings. The topological polar surface area (TPSA) is 68.1 Å². The summed E-state index contributed by atoms with van der Waals surface area (Å²) in [7, 11) is 0. The summed E-state index contributed by atoms with van der Waals surface area (Å²) in [5.41, 5.74) is 1.23. The van der Waals surface area contributed by atoms with Gasteiger partial charge in [-0.05, 0) is 38.2 Å². The van der Waals surface area contributed by atoms with Crippen LogP contribution in [0.25, 0.3) is 0 Å². The molecule has 24 heavy (non-hydrogen) atoms. The van der Waals surface area contributed by atoms with Crippen LogP contribution >= 0.6 is 0 Å². The Hall–Kier alpha value is -1.69. The van der Waals surface area contributed by atoms with Crippen LogP contribution in [0.15, 0.2) is 47.6 Å². The van der Waals surface area contributed by atoms with Crippen LogP contribution in [0.3, 0.4) is 0 Å². The zero-order chi connectivity index (χ0) is 17.4.